The molecule has 0 aliphatic rings. The van der Waals surface area contributed by atoms with Crippen LogP contribution in [-0.4, -0.2) is 29.5 Å². The van der Waals surface area contributed by atoms with E-state index in [1.165, 1.54) is 0 Å². The van der Waals surface area contributed by atoms with E-state index >= 15 is 0 Å². The van der Waals surface area contributed by atoms with E-state index in [1.54, 1.807) is 24.9 Å². The average Bonchev–Trinajstić information content (AvgIpc) is 3.08. The Hall–Kier alpha value is -3.08. The summed E-state index contributed by atoms with van der Waals surface area (Å²) in [4.78, 5) is 12.3. The standard InChI is InChI=1S/C19H18N2O3/c1-3-24-19(22)17-13-21(15-7-5-4-6-8-15)20-18(17)14-9-11-16(23-2)12-10-14/h4-13H,3H2,1-2H3. The molecule has 0 saturated heterocycles. The average molecular weight is 322 g/mol. The van der Waals surface area contributed by atoms with Gasteiger partial charge in [0.15, 0.2) is 0 Å². The fourth-order valence-corrected chi connectivity index (χ4v) is 2.41. The molecule has 2 aromatic carbocycles. The lowest BCUT2D eigenvalue weighted by atomic mass is 10.1. The molecular weight excluding hydrogens is 304 g/mol. The number of rotatable bonds is 5. The van der Waals surface area contributed by atoms with Gasteiger partial charge in [0.1, 0.15) is 17.0 Å². The van der Waals surface area contributed by atoms with Crippen LogP contribution in [0.2, 0.25) is 0 Å². The Labute approximate surface area is 140 Å². The van der Waals surface area contributed by atoms with Crippen LogP contribution < -0.4 is 4.74 Å². The SMILES string of the molecule is CCOC(=O)c1cn(-c2ccccc2)nc1-c1ccc(OC)cc1. The van der Waals surface area contributed by atoms with Crippen LogP contribution in [-0.2, 0) is 4.74 Å². The first-order chi connectivity index (χ1) is 11.7. The maximum absolute atomic E-state index is 12.3. The van der Waals surface area contributed by atoms with Crippen LogP contribution in [0.1, 0.15) is 17.3 Å². The molecule has 5 nitrogen and oxygen atoms in total. The molecule has 1 aromatic heterocycles. The van der Waals surface area contributed by atoms with E-state index in [1.807, 2.05) is 54.6 Å². The number of aromatic nitrogens is 2. The first-order valence-corrected chi connectivity index (χ1v) is 7.69. The number of esters is 1. The number of benzene rings is 2. The van der Waals surface area contributed by atoms with Crippen LogP contribution in [0.15, 0.2) is 60.8 Å². The third-order valence-corrected chi connectivity index (χ3v) is 3.59. The minimum atomic E-state index is -0.384. The van der Waals surface area contributed by atoms with Crippen molar-refractivity contribution >= 4 is 5.97 Å². The molecule has 3 rings (SSSR count). The lowest BCUT2D eigenvalue weighted by Gasteiger charge is -2.04. The molecule has 0 unspecified atom stereocenters. The molecule has 0 amide bonds. The Bertz CT molecular complexity index is 824. The van der Waals surface area contributed by atoms with E-state index in [2.05, 4.69) is 5.10 Å². The molecule has 3 aromatic rings. The number of para-hydroxylation sites is 1. The van der Waals surface area contributed by atoms with Gasteiger partial charge in [-0.3, -0.25) is 0 Å². The van der Waals surface area contributed by atoms with Crippen LogP contribution in [0.5, 0.6) is 5.75 Å². The van der Waals surface area contributed by atoms with E-state index in [0.717, 1.165) is 17.0 Å². The van der Waals surface area contributed by atoms with Gasteiger partial charge in [-0.1, -0.05) is 18.2 Å². The zero-order chi connectivity index (χ0) is 16.9. The van der Waals surface area contributed by atoms with Gasteiger partial charge in [0.2, 0.25) is 0 Å². The quantitative estimate of drug-likeness (QED) is 0.672. The van der Waals surface area contributed by atoms with E-state index < -0.39 is 0 Å². The highest BCUT2D eigenvalue weighted by Gasteiger charge is 2.19. The predicted octanol–water partition coefficient (Wildman–Crippen LogP) is 3.72. The van der Waals surface area contributed by atoms with Crippen molar-refractivity contribution in [2.24, 2.45) is 0 Å². The van der Waals surface area contributed by atoms with Gasteiger partial charge in [-0.05, 0) is 43.3 Å². The highest BCUT2D eigenvalue weighted by molar-refractivity contribution is 5.96. The van der Waals surface area contributed by atoms with Gasteiger partial charge in [-0.15, -0.1) is 0 Å². The molecule has 0 radical (unpaired) electrons. The van der Waals surface area contributed by atoms with Crippen molar-refractivity contribution < 1.29 is 14.3 Å². The second-order valence-electron chi connectivity index (χ2n) is 5.12. The number of carbonyl (C=O) groups excluding carboxylic acids is 1. The number of hydrogen-bond donors (Lipinski definition) is 0. The Morgan fingerprint density at radius 3 is 2.42 bits per heavy atom. The second-order valence-corrected chi connectivity index (χ2v) is 5.12. The molecule has 0 N–H and O–H groups in total. The van der Waals surface area contributed by atoms with Crippen LogP contribution >= 0.6 is 0 Å². The molecule has 5 heteroatoms. The Morgan fingerprint density at radius 1 is 1.08 bits per heavy atom. The number of ether oxygens (including phenoxy) is 2. The molecule has 24 heavy (non-hydrogen) atoms. The van der Waals surface area contributed by atoms with Crippen LogP contribution in [0.25, 0.3) is 16.9 Å². The van der Waals surface area contributed by atoms with Gasteiger partial charge in [0.05, 0.1) is 19.4 Å². The van der Waals surface area contributed by atoms with Gasteiger partial charge >= 0.3 is 5.97 Å². The molecule has 0 aliphatic heterocycles. The normalized spacial score (nSPS) is 10.4. The largest absolute Gasteiger partial charge is 0.497 e. The Morgan fingerprint density at radius 2 is 1.79 bits per heavy atom. The summed E-state index contributed by atoms with van der Waals surface area (Å²) in [5.74, 6) is 0.365. The van der Waals surface area contributed by atoms with E-state index in [9.17, 15) is 4.79 Å². The van der Waals surface area contributed by atoms with Crippen LogP contribution in [0.3, 0.4) is 0 Å². The molecule has 122 valence electrons. The fourth-order valence-electron chi connectivity index (χ4n) is 2.41. The van der Waals surface area contributed by atoms with Gasteiger partial charge in [0.25, 0.3) is 0 Å². The molecule has 0 atom stereocenters. The summed E-state index contributed by atoms with van der Waals surface area (Å²) in [6, 6.07) is 17.1. The zero-order valence-corrected chi connectivity index (χ0v) is 13.6. The maximum Gasteiger partial charge on any atom is 0.342 e. The van der Waals surface area contributed by atoms with Crippen LogP contribution in [0, 0.1) is 0 Å². The highest BCUT2D eigenvalue weighted by Crippen LogP contribution is 2.26. The minimum absolute atomic E-state index is 0.317. The van der Waals surface area contributed by atoms with Crippen molar-refractivity contribution in [3.8, 4) is 22.7 Å². The molecule has 0 spiro atoms. The number of carbonyl (C=O) groups is 1. The van der Waals surface area contributed by atoms with Crippen molar-refractivity contribution in [2.75, 3.05) is 13.7 Å². The number of methoxy groups -OCH3 is 1. The van der Waals surface area contributed by atoms with Crippen molar-refractivity contribution in [2.45, 2.75) is 6.92 Å². The van der Waals surface area contributed by atoms with Gasteiger partial charge in [-0.25, -0.2) is 9.48 Å². The van der Waals surface area contributed by atoms with Crippen molar-refractivity contribution in [1.82, 2.24) is 9.78 Å². The third kappa shape index (κ3) is 3.15. The number of hydrogen-bond acceptors (Lipinski definition) is 4. The molecule has 1 heterocycles. The zero-order valence-electron chi connectivity index (χ0n) is 13.6. The summed E-state index contributed by atoms with van der Waals surface area (Å²) in [7, 11) is 1.61. The lowest BCUT2D eigenvalue weighted by Crippen LogP contribution is -2.05. The first-order valence-electron chi connectivity index (χ1n) is 7.69. The second kappa shape index (κ2) is 7.00. The van der Waals surface area contributed by atoms with Crippen molar-refractivity contribution in [3.05, 3.63) is 66.4 Å². The summed E-state index contributed by atoms with van der Waals surface area (Å²) in [6.45, 7) is 2.10. The highest BCUT2D eigenvalue weighted by atomic mass is 16.5. The summed E-state index contributed by atoms with van der Waals surface area (Å²) in [5, 5.41) is 4.58. The van der Waals surface area contributed by atoms with Crippen molar-refractivity contribution in [1.29, 1.82) is 0 Å². The molecule has 0 fully saturated rings. The Balaban J connectivity index is 2.08. The van der Waals surface area contributed by atoms with Gasteiger partial charge in [0, 0.05) is 11.8 Å². The monoisotopic (exact) mass is 322 g/mol. The van der Waals surface area contributed by atoms with E-state index in [-0.39, 0.29) is 5.97 Å². The Kier molecular flexibility index (Phi) is 4.61. The van der Waals surface area contributed by atoms with Gasteiger partial charge in [-0.2, -0.15) is 5.10 Å². The summed E-state index contributed by atoms with van der Waals surface area (Å²) < 4.78 is 12.0. The smallest absolute Gasteiger partial charge is 0.342 e. The van der Waals surface area contributed by atoms with Crippen molar-refractivity contribution in [3.63, 3.8) is 0 Å². The predicted molar refractivity (Wildman–Crippen MR) is 91.5 cm³/mol. The first kappa shape index (κ1) is 15.8. The topological polar surface area (TPSA) is 53.4 Å². The minimum Gasteiger partial charge on any atom is -0.497 e. The molecule has 0 saturated carbocycles. The van der Waals surface area contributed by atoms with Gasteiger partial charge < -0.3 is 9.47 Å². The van der Waals surface area contributed by atoms with E-state index in [0.29, 0.717) is 17.9 Å². The molecule has 0 aliphatic carbocycles. The molecule has 0 bridgehead atoms. The van der Waals surface area contributed by atoms with Crippen LogP contribution in [0.4, 0.5) is 0 Å². The lowest BCUT2D eigenvalue weighted by molar-refractivity contribution is 0.0527. The molecular formula is C19H18N2O3. The summed E-state index contributed by atoms with van der Waals surface area (Å²) >= 11 is 0. The summed E-state index contributed by atoms with van der Waals surface area (Å²) in [5.41, 5.74) is 2.72. The summed E-state index contributed by atoms with van der Waals surface area (Å²) in [6.07, 6.45) is 1.70. The van der Waals surface area contributed by atoms with E-state index in [4.69, 9.17) is 9.47 Å². The number of nitrogens with zero attached hydrogens (tertiary/aromatic N) is 2. The fraction of sp³-hybridized carbons (Fsp3) is 0.158. The third-order valence-electron chi connectivity index (χ3n) is 3.59. The maximum atomic E-state index is 12.3.